The zero-order chi connectivity index (χ0) is 17.3. The number of hydrogen-bond acceptors (Lipinski definition) is 7. The van der Waals surface area contributed by atoms with E-state index >= 15 is 0 Å². The fourth-order valence-corrected chi connectivity index (χ4v) is 2.29. The number of carboxylic acid groups (broad SMARTS) is 2. The van der Waals surface area contributed by atoms with Crippen LogP contribution in [-0.2, 0) is 16.0 Å². The average molecular weight is 318 g/mol. The van der Waals surface area contributed by atoms with Gasteiger partial charge >= 0.3 is 5.63 Å². The van der Waals surface area contributed by atoms with Gasteiger partial charge in [-0.15, -0.1) is 0 Å². The predicted molar refractivity (Wildman–Crippen MR) is 75.8 cm³/mol. The van der Waals surface area contributed by atoms with Crippen LogP contribution in [0.2, 0.25) is 0 Å². The number of carbonyl (C=O) groups excluding carboxylic acids is 2. The fourth-order valence-electron chi connectivity index (χ4n) is 2.29. The maximum atomic E-state index is 12.0. The van der Waals surface area contributed by atoms with E-state index in [0.717, 1.165) is 0 Å². The van der Waals surface area contributed by atoms with Gasteiger partial charge in [0.15, 0.2) is 0 Å². The number of ether oxygens (including phenoxy) is 1. The molecule has 0 spiro atoms. The van der Waals surface area contributed by atoms with Gasteiger partial charge in [0.1, 0.15) is 17.4 Å². The highest BCUT2D eigenvalue weighted by atomic mass is 16.5. The van der Waals surface area contributed by atoms with Crippen molar-refractivity contribution in [3.8, 4) is 5.75 Å². The molecule has 0 N–H and O–H groups in total. The second-order valence-electron chi connectivity index (χ2n) is 5.19. The van der Waals surface area contributed by atoms with E-state index in [-0.39, 0.29) is 16.9 Å². The summed E-state index contributed by atoms with van der Waals surface area (Å²) in [5.74, 6) is -2.50. The van der Waals surface area contributed by atoms with E-state index in [0.29, 0.717) is 16.5 Å². The molecule has 0 amide bonds. The number of rotatable bonds is 5. The van der Waals surface area contributed by atoms with Crippen LogP contribution in [0, 0.1) is 13.8 Å². The zero-order valence-corrected chi connectivity index (χ0v) is 12.8. The van der Waals surface area contributed by atoms with E-state index in [1.165, 1.54) is 13.0 Å². The fraction of sp³-hybridized carbons (Fsp3) is 0.312. The van der Waals surface area contributed by atoms with Gasteiger partial charge in [0.05, 0.1) is 5.97 Å². The van der Waals surface area contributed by atoms with E-state index in [9.17, 15) is 24.6 Å². The molecule has 0 aliphatic heterocycles. The Bertz CT molecular complexity index is 848. The molecule has 2 aromatic rings. The third-order valence-corrected chi connectivity index (χ3v) is 3.61. The molecule has 23 heavy (non-hydrogen) atoms. The van der Waals surface area contributed by atoms with Gasteiger partial charge in [-0.1, -0.05) is 0 Å². The van der Waals surface area contributed by atoms with Gasteiger partial charge in [-0.3, -0.25) is 0 Å². The van der Waals surface area contributed by atoms with Gasteiger partial charge in [0.25, 0.3) is 0 Å². The minimum atomic E-state index is -1.38. The van der Waals surface area contributed by atoms with Crippen LogP contribution in [0.3, 0.4) is 0 Å². The highest BCUT2D eigenvalue weighted by molar-refractivity contribution is 5.86. The maximum Gasteiger partial charge on any atom is 0.340 e. The number of carboxylic acids is 2. The normalized spacial score (nSPS) is 12.1. The summed E-state index contributed by atoms with van der Waals surface area (Å²) in [5.41, 5.74) is 0.387. The van der Waals surface area contributed by atoms with Crippen molar-refractivity contribution < 1.29 is 29.0 Å². The first-order valence-electron chi connectivity index (χ1n) is 6.85. The third-order valence-electron chi connectivity index (χ3n) is 3.61. The number of carbonyl (C=O) groups is 2. The molecule has 0 saturated carbocycles. The Morgan fingerprint density at radius 3 is 2.43 bits per heavy atom. The first-order valence-corrected chi connectivity index (χ1v) is 6.85. The van der Waals surface area contributed by atoms with Crippen LogP contribution in [-0.4, -0.2) is 18.0 Å². The second-order valence-corrected chi connectivity index (χ2v) is 5.19. The Balaban J connectivity index is 2.61. The molecule has 7 heteroatoms. The Labute approximate surface area is 131 Å². The molecule has 0 aliphatic rings. The highest BCUT2D eigenvalue weighted by Crippen LogP contribution is 2.30. The number of benzene rings is 1. The molecule has 122 valence electrons. The van der Waals surface area contributed by atoms with Crippen LogP contribution in [0.1, 0.15) is 23.6 Å². The number of aryl methyl sites for hydroxylation is 2. The monoisotopic (exact) mass is 318 g/mol. The summed E-state index contributed by atoms with van der Waals surface area (Å²) in [6.45, 7) is 4.55. The van der Waals surface area contributed by atoms with E-state index in [1.54, 1.807) is 19.9 Å². The van der Waals surface area contributed by atoms with E-state index < -0.39 is 30.1 Å². The van der Waals surface area contributed by atoms with Crippen molar-refractivity contribution in [2.24, 2.45) is 0 Å². The van der Waals surface area contributed by atoms with Crippen molar-refractivity contribution in [1.29, 1.82) is 0 Å². The van der Waals surface area contributed by atoms with Crippen LogP contribution in [0.15, 0.2) is 21.3 Å². The standard InChI is InChI=1S/C16H16O7/c1-7-10-4-5-12(22-9(3)15(19)20)8(2)14(10)23-16(21)11(7)6-13(17)18/h4-5,9H,6H2,1-3H3,(H,17,18)(H,19,20)/p-2/t9-/m1/s1. The lowest BCUT2D eigenvalue weighted by Crippen LogP contribution is -2.37. The molecular formula is C16H14O7-2. The van der Waals surface area contributed by atoms with Crippen molar-refractivity contribution in [2.45, 2.75) is 33.3 Å². The lowest BCUT2D eigenvalue weighted by atomic mass is 10.0. The van der Waals surface area contributed by atoms with Crippen LogP contribution in [0.4, 0.5) is 0 Å². The summed E-state index contributed by atoms with van der Waals surface area (Å²) in [7, 11) is 0. The maximum absolute atomic E-state index is 12.0. The smallest absolute Gasteiger partial charge is 0.340 e. The largest absolute Gasteiger partial charge is 0.550 e. The number of aliphatic carboxylic acids is 2. The lowest BCUT2D eigenvalue weighted by molar-refractivity contribution is -0.313. The molecule has 0 bridgehead atoms. The Morgan fingerprint density at radius 2 is 1.87 bits per heavy atom. The Kier molecular flexibility index (Phi) is 4.40. The van der Waals surface area contributed by atoms with Crippen LogP contribution >= 0.6 is 0 Å². The zero-order valence-electron chi connectivity index (χ0n) is 12.8. The van der Waals surface area contributed by atoms with Gasteiger partial charge in [-0.2, -0.15) is 0 Å². The van der Waals surface area contributed by atoms with E-state index in [4.69, 9.17) is 9.15 Å². The topological polar surface area (TPSA) is 120 Å². The highest BCUT2D eigenvalue weighted by Gasteiger charge is 2.16. The molecule has 0 aliphatic carbocycles. The SMILES string of the molecule is Cc1c(CC(=O)[O-])c(=O)oc2c(C)c(O[C@H](C)C(=O)[O-])ccc12. The Hall–Kier alpha value is -2.83. The molecule has 0 saturated heterocycles. The predicted octanol–water partition coefficient (Wildman–Crippen LogP) is -0.781. The Morgan fingerprint density at radius 1 is 1.22 bits per heavy atom. The minimum Gasteiger partial charge on any atom is -0.550 e. The van der Waals surface area contributed by atoms with E-state index in [2.05, 4.69) is 0 Å². The molecule has 1 aromatic carbocycles. The summed E-state index contributed by atoms with van der Waals surface area (Å²) in [6, 6.07) is 3.11. The molecule has 1 atom stereocenters. The average Bonchev–Trinajstić information content (AvgIpc) is 2.46. The molecular weight excluding hydrogens is 304 g/mol. The van der Waals surface area contributed by atoms with Gasteiger partial charge in [-0.05, 0) is 38.5 Å². The second kappa shape index (κ2) is 6.12. The summed E-state index contributed by atoms with van der Waals surface area (Å²) in [4.78, 5) is 33.5. The van der Waals surface area contributed by atoms with Crippen molar-refractivity contribution in [2.75, 3.05) is 0 Å². The minimum absolute atomic E-state index is 0.0219. The first-order chi connectivity index (χ1) is 10.7. The van der Waals surface area contributed by atoms with Gasteiger partial charge < -0.3 is 29.0 Å². The number of hydrogen-bond donors (Lipinski definition) is 0. The van der Waals surface area contributed by atoms with Crippen molar-refractivity contribution >= 4 is 22.9 Å². The molecule has 0 radical (unpaired) electrons. The molecule has 0 unspecified atom stereocenters. The molecule has 0 fully saturated rings. The first kappa shape index (κ1) is 16.5. The van der Waals surface area contributed by atoms with Gasteiger partial charge in [0, 0.05) is 28.9 Å². The molecule has 7 nitrogen and oxygen atoms in total. The van der Waals surface area contributed by atoms with Crippen LogP contribution < -0.4 is 20.6 Å². The summed E-state index contributed by atoms with van der Waals surface area (Å²) in [6.07, 6.45) is -1.71. The van der Waals surface area contributed by atoms with Gasteiger partial charge in [-0.25, -0.2) is 4.79 Å². The summed E-state index contributed by atoms with van der Waals surface area (Å²) in [5, 5.41) is 22.1. The van der Waals surface area contributed by atoms with Crippen molar-refractivity contribution in [1.82, 2.24) is 0 Å². The number of fused-ring (bicyclic) bond motifs is 1. The van der Waals surface area contributed by atoms with Crippen molar-refractivity contribution in [3.05, 3.63) is 39.2 Å². The van der Waals surface area contributed by atoms with Crippen LogP contribution in [0.5, 0.6) is 5.75 Å². The summed E-state index contributed by atoms with van der Waals surface area (Å²) >= 11 is 0. The quantitative estimate of drug-likeness (QED) is 0.663. The third kappa shape index (κ3) is 3.18. The van der Waals surface area contributed by atoms with E-state index in [1.807, 2.05) is 0 Å². The molecule has 2 rings (SSSR count). The summed E-state index contributed by atoms with van der Waals surface area (Å²) < 4.78 is 10.5. The van der Waals surface area contributed by atoms with Gasteiger partial charge in [0.2, 0.25) is 0 Å². The van der Waals surface area contributed by atoms with Crippen molar-refractivity contribution in [3.63, 3.8) is 0 Å². The molecule has 1 heterocycles. The van der Waals surface area contributed by atoms with Crippen LogP contribution in [0.25, 0.3) is 11.0 Å². The molecule has 1 aromatic heterocycles. The lowest BCUT2D eigenvalue weighted by Gasteiger charge is -2.18.